The van der Waals surface area contributed by atoms with E-state index in [-0.39, 0.29) is 0 Å². The summed E-state index contributed by atoms with van der Waals surface area (Å²) in [6.07, 6.45) is 17.9. The van der Waals surface area contributed by atoms with E-state index in [9.17, 15) is 0 Å². The van der Waals surface area contributed by atoms with Crippen LogP contribution >= 0.6 is 0 Å². The molecule has 20 heavy (non-hydrogen) atoms. The zero-order valence-corrected chi connectivity index (χ0v) is 13.2. The van der Waals surface area contributed by atoms with Crippen molar-refractivity contribution >= 4 is 0 Å². The van der Waals surface area contributed by atoms with Crippen LogP contribution in [0.3, 0.4) is 0 Å². The molecule has 2 fully saturated rings. The molecule has 0 radical (unpaired) electrons. The normalized spacial score (nSPS) is 36.7. The quantitative estimate of drug-likeness (QED) is 0.559. The van der Waals surface area contributed by atoms with Gasteiger partial charge >= 0.3 is 0 Å². The number of nitrogens with one attached hydrogen (secondary N) is 2. The molecule has 0 aromatic carbocycles. The lowest BCUT2D eigenvalue weighted by Gasteiger charge is -2.35. The highest BCUT2D eigenvalue weighted by molar-refractivity contribution is 4.89. The number of piperazine rings is 1. The van der Waals surface area contributed by atoms with Crippen LogP contribution in [0.5, 0.6) is 0 Å². The van der Waals surface area contributed by atoms with Crippen LogP contribution in [-0.4, -0.2) is 38.8 Å². The Kier molecular flexibility index (Phi) is 5.55. The molecule has 2 aliphatic carbocycles. The van der Waals surface area contributed by atoms with Crippen LogP contribution in [0.1, 0.15) is 57.8 Å². The van der Waals surface area contributed by atoms with E-state index in [2.05, 4.69) is 12.2 Å². The molecule has 2 nitrogen and oxygen atoms in total. The van der Waals surface area contributed by atoms with Crippen LogP contribution < -0.4 is 9.80 Å². The van der Waals surface area contributed by atoms with E-state index in [4.69, 9.17) is 0 Å². The maximum atomic E-state index is 2.42. The number of rotatable bonds is 3. The molecular formula is C18H34N2+2. The van der Waals surface area contributed by atoms with E-state index in [0.717, 1.165) is 12.0 Å². The van der Waals surface area contributed by atoms with Gasteiger partial charge < -0.3 is 9.80 Å². The Balaban J connectivity index is 1.40. The SMILES string of the molecule is C1=CC[C@@H](C[NH+]2CC[NH+](C3CCCCCC3)CC2)CC1. The molecule has 1 saturated heterocycles. The lowest BCUT2D eigenvalue weighted by Crippen LogP contribution is -3.29. The van der Waals surface area contributed by atoms with Crippen LogP contribution in [-0.2, 0) is 0 Å². The van der Waals surface area contributed by atoms with Crippen LogP contribution in [0.25, 0.3) is 0 Å². The summed E-state index contributed by atoms with van der Waals surface area (Å²) in [5.74, 6) is 0.981. The second-order valence-electron chi connectivity index (χ2n) is 7.45. The molecule has 3 rings (SSSR count). The van der Waals surface area contributed by atoms with Crippen molar-refractivity contribution in [3.05, 3.63) is 12.2 Å². The average Bonchev–Trinajstić information content (AvgIpc) is 2.78. The van der Waals surface area contributed by atoms with Crippen molar-refractivity contribution in [3.63, 3.8) is 0 Å². The van der Waals surface area contributed by atoms with Gasteiger partial charge in [0.05, 0.1) is 12.6 Å². The molecule has 0 bridgehead atoms. The summed E-state index contributed by atoms with van der Waals surface area (Å²) >= 11 is 0. The van der Waals surface area contributed by atoms with Crippen molar-refractivity contribution in [1.29, 1.82) is 0 Å². The highest BCUT2D eigenvalue weighted by Gasteiger charge is 2.30. The first kappa shape index (κ1) is 14.6. The summed E-state index contributed by atoms with van der Waals surface area (Å²) in [5, 5.41) is 0. The molecule has 2 N–H and O–H groups in total. The first-order chi connectivity index (χ1) is 9.92. The fourth-order valence-electron chi connectivity index (χ4n) is 4.67. The summed E-state index contributed by atoms with van der Waals surface area (Å²) in [6, 6.07) is 1.01. The van der Waals surface area contributed by atoms with Gasteiger partial charge in [0.15, 0.2) is 0 Å². The third-order valence-corrected chi connectivity index (χ3v) is 5.99. The van der Waals surface area contributed by atoms with Crippen molar-refractivity contribution in [2.24, 2.45) is 5.92 Å². The maximum absolute atomic E-state index is 2.42. The summed E-state index contributed by atoms with van der Waals surface area (Å²) in [7, 11) is 0. The molecule has 2 heteroatoms. The molecule has 1 heterocycles. The van der Waals surface area contributed by atoms with Gasteiger partial charge in [0.2, 0.25) is 0 Å². The molecular weight excluding hydrogens is 244 g/mol. The molecule has 0 spiro atoms. The number of hydrogen-bond acceptors (Lipinski definition) is 0. The number of quaternary nitrogens is 2. The molecule has 0 aromatic heterocycles. The molecule has 3 aliphatic rings. The second kappa shape index (κ2) is 7.61. The van der Waals surface area contributed by atoms with Gasteiger partial charge in [0, 0.05) is 5.92 Å². The van der Waals surface area contributed by atoms with Crippen LogP contribution in [0.15, 0.2) is 12.2 Å². The minimum absolute atomic E-state index is 0.981. The van der Waals surface area contributed by atoms with E-state index in [1.165, 1.54) is 90.5 Å². The van der Waals surface area contributed by atoms with Crippen LogP contribution in [0.4, 0.5) is 0 Å². The summed E-state index contributed by atoms with van der Waals surface area (Å²) in [5.41, 5.74) is 0. The highest BCUT2D eigenvalue weighted by Crippen LogP contribution is 2.16. The topological polar surface area (TPSA) is 8.88 Å². The van der Waals surface area contributed by atoms with Gasteiger partial charge in [-0.1, -0.05) is 25.0 Å². The minimum atomic E-state index is 0.981. The Bertz CT molecular complexity index is 297. The first-order valence-corrected chi connectivity index (χ1v) is 9.25. The molecule has 1 saturated carbocycles. The predicted molar refractivity (Wildman–Crippen MR) is 84.2 cm³/mol. The molecule has 114 valence electrons. The average molecular weight is 278 g/mol. The van der Waals surface area contributed by atoms with E-state index in [0.29, 0.717) is 0 Å². The maximum Gasteiger partial charge on any atom is 0.127 e. The van der Waals surface area contributed by atoms with E-state index >= 15 is 0 Å². The summed E-state index contributed by atoms with van der Waals surface area (Å²) in [6.45, 7) is 7.21. The lowest BCUT2D eigenvalue weighted by molar-refractivity contribution is -1.02. The molecule has 0 unspecified atom stereocenters. The van der Waals surface area contributed by atoms with Gasteiger partial charge in [-0.25, -0.2) is 0 Å². The van der Waals surface area contributed by atoms with Gasteiger partial charge in [0.1, 0.15) is 26.2 Å². The Morgan fingerprint density at radius 1 is 0.800 bits per heavy atom. The smallest absolute Gasteiger partial charge is 0.127 e. The van der Waals surface area contributed by atoms with Gasteiger partial charge in [-0.15, -0.1) is 0 Å². The van der Waals surface area contributed by atoms with Gasteiger partial charge in [-0.05, 0) is 44.9 Å². The van der Waals surface area contributed by atoms with Gasteiger partial charge in [-0.2, -0.15) is 0 Å². The fraction of sp³-hybridized carbons (Fsp3) is 0.889. The standard InChI is InChI=1S/C18H32N2/c1-2-7-11-18(10-6-1)20-14-12-19(13-15-20)16-17-8-4-3-5-9-17/h3-4,17-18H,1-2,5-16H2/p+2/t17-/m1/s1. The Morgan fingerprint density at radius 2 is 1.55 bits per heavy atom. The zero-order chi connectivity index (χ0) is 13.6. The largest absolute Gasteiger partial charge is 0.325 e. The minimum Gasteiger partial charge on any atom is -0.325 e. The molecule has 0 aromatic rings. The highest BCUT2D eigenvalue weighted by atomic mass is 15.3. The van der Waals surface area contributed by atoms with Crippen molar-refractivity contribution in [1.82, 2.24) is 0 Å². The summed E-state index contributed by atoms with van der Waals surface area (Å²) < 4.78 is 0. The second-order valence-corrected chi connectivity index (χ2v) is 7.45. The van der Waals surface area contributed by atoms with Gasteiger partial charge in [-0.3, -0.25) is 0 Å². The van der Waals surface area contributed by atoms with E-state index in [1.54, 1.807) is 0 Å². The Morgan fingerprint density at radius 3 is 2.20 bits per heavy atom. The molecule has 1 aliphatic heterocycles. The molecule has 0 amide bonds. The predicted octanol–water partition coefficient (Wildman–Crippen LogP) is 0.849. The number of allylic oxidation sites excluding steroid dienone is 2. The number of hydrogen-bond donors (Lipinski definition) is 2. The van der Waals surface area contributed by atoms with Crippen molar-refractivity contribution < 1.29 is 9.80 Å². The Hall–Kier alpha value is -0.340. The third-order valence-electron chi connectivity index (χ3n) is 5.99. The van der Waals surface area contributed by atoms with Gasteiger partial charge in [0.25, 0.3) is 0 Å². The summed E-state index contributed by atoms with van der Waals surface area (Å²) in [4.78, 5) is 3.86. The fourth-order valence-corrected chi connectivity index (χ4v) is 4.67. The van der Waals surface area contributed by atoms with Crippen molar-refractivity contribution in [3.8, 4) is 0 Å². The van der Waals surface area contributed by atoms with E-state index < -0.39 is 0 Å². The van der Waals surface area contributed by atoms with Crippen molar-refractivity contribution in [2.45, 2.75) is 63.8 Å². The van der Waals surface area contributed by atoms with E-state index in [1.807, 2.05) is 9.80 Å². The Labute approximate surface area is 125 Å². The lowest BCUT2D eigenvalue weighted by atomic mass is 9.93. The molecule has 1 atom stereocenters. The first-order valence-electron chi connectivity index (χ1n) is 9.25. The van der Waals surface area contributed by atoms with Crippen LogP contribution in [0, 0.1) is 5.92 Å². The zero-order valence-electron chi connectivity index (χ0n) is 13.2. The third kappa shape index (κ3) is 4.08. The van der Waals surface area contributed by atoms with Crippen molar-refractivity contribution in [2.75, 3.05) is 32.7 Å². The van der Waals surface area contributed by atoms with Crippen LogP contribution in [0.2, 0.25) is 0 Å². The monoisotopic (exact) mass is 278 g/mol.